The molecule has 2 N–H and O–H groups in total. The molecular weight excluding hydrogens is 342 g/mol. The maximum Gasteiger partial charge on any atom is 0.261 e. The first-order valence-electron chi connectivity index (χ1n) is 9.15. The molecule has 0 unspecified atom stereocenters. The summed E-state index contributed by atoms with van der Waals surface area (Å²) in [7, 11) is 0. The first-order valence-corrected chi connectivity index (χ1v) is 9.15. The van der Waals surface area contributed by atoms with Crippen LogP contribution < -0.4 is 10.6 Å². The maximum absolute atomic E-state index is 12.7. The lowest BCUT2D eigenvalue weighted by Gasteiger charge is -2.13. The Morgan fingerprint density at radius 1 is 0.963 bits per heavy atom. The SMILES string of the molecule is CCNCCNC(=O)c1ccc2c(c1)C(=O)N(CCc1ccccc1)C2=O. The number of rotatable bonds is 8. The molecule has 3 amide bonds. The van der Waals surface area contributed by atoms with E-state index in [1.165, 1.54) is 11.0 Å². The van der Waals surface area contributed by atoms with Gasteiger partial charge >= 0.3 is 0 Å². The van der Waals surface area contributed by atoms with Crippen molar-refractivity contribution in [3.63, 3.8) is 0 Å². The highest BCUT2D eigenvalue weighted by molar-refractivity contribution is 6.22. The lowest BCUT2D eigenvalue weighted by atomic mass is 10.1. The monoisotopic (exact) mass is 365 g/mol. The summed E-state index contributed by atoms with van der Waals surface area (Å²) in [6.07, 6.45) is 0.601. The van der Waals surface area contributed by atoms with Crippen LogP contribution in [0.1, 0.15) is 43.6 Å². The van der Waals surface area contributed by atoms with Gasteiger partial charge in [0.15, 0.2) is 0 Å². The fourth-order valence-electron chi connectivity index (χ4n) is 3.06. The quantitative estimate of drug-likeness (QED) is 0.553. The molecule has 0 saturated heterocycles. The highest BCUT2D eigenvalue weighted by Crippen LogP contribution is 2.24. The van der Waals surface area contributed by atoms with Crippen LogP contribution in [-0.4, -0.2) is 48.8 Å². The summed E-state index contributed by atoms with van der Waals surface area (Å²) in [6.45, 7) is 4.33. The zero-order chi connectivity index (χ0) is 19.2. The minimum Gasteiger partial charge on any atom is -0.351 e. The molecule has 0 aliphatic carbocycles. The fourth-order valence-corrected chi connectivity index (χ4v) is 3.06. The standard InChI is InChI=1S/C21H23N3O3/c1-2-22-11-12-23-19(25)16-8-9-17-18(14-16)21(27)24(20(17)26)13-10-15-6-4-3-5-7-15/h3-9,14,22H,2,10-13H2,1H3,(H,23,25). The third kappa shape index (κ3) is 4.23. The van der Waals surface area contributed by atoms with Crippen LogP contribution in [0, 0.1) is 0 Å². The van der Waals surface area contributed by atoms with Crippen LogP contribution in [0.3, 0.4) is 0 Å². The van der Waals surface area contributed by atoms with Crippen molar-refractivity contribution in [3.8, 4) is 0 Å². The van der Waals surface area contributed by atoms with Gasteiger partial charge in [-0.05, 0) is 36.7 Å². The lowest BCUT2D eigenvalue weighted by Crippen LogP contribution is -2.32. The third-order valence-corrected chi connectivity index (χ3v) is 4.54. The van der Waals surface area contributed by atoms with Gasteiger partial charge in [0, 0.05) is 25.2 Å². The predicted molar refractivity (Wildman–Crippen MR) is 103 cm³/mol. The summed E-state index contributed by atoms with van der Waals surface area (Å²) >= 11 is 0. The Balaban J connectivity index is 1.67. The summed E-state index contributed by atoms with van der Waals surface area (Å²) in [5.41, 5.74) is 2.11. The number of fused-ring (bicyclic) bond motifs is 1. The summed E-state index contributed by atoms with van der Waals surface area (Å²) < 4.78 is 0. The number of hydrogen-bond acceptors (Lipinski definition) is 4. The second-order valence-corrected chi connectivity index (χ2v) is 6.37. The van der Waals surface area contributed by atoms with E-state index in [9.17, 15) is 14.4 Å². The van der Waals surface area contributed by atoms with Gasteiger partial charge in [-0.2, -0.15) is 0 Å². The Morgan fingerprint density at radius 2 is 1.70 bits per heavy atom. The topological polar surface area (TPSA) is 78.5 Å². The summed E-state index contributed by atoms with van der Waals surface area (Å²) in [5, 5.41) is 5.92. The van der Waals surface area contributed by atoms with Gasteiger partial charge in [-0.25, -0.2) is 0 Å². The second-order valence-electron chi connectivity index (χ2n) is 6.37. The van der Waals surface area contributed by atoms with Crippen LogP contribution in [0.15, 0.2) is 48.5 Å². The number of likely N-dealkylation sites (N-methyl/N-ethyl adjacent to an activating group) is 1. The highest BCUT2D eigenvalue weighted by Gasteiger charge is 2.35. The van der Waals surface area contributed by atoms with E-state index in [2.05, 4.69) is 10.6 Å². The number of imide groups is 1. The third-order valence-electron chi connectivity index (χ3n) is 4.54. The molecule has 0 atom stereocenters. The van der Waals surface area contributed by atoms with E-state index in [1.54, 1.807) is 12.1 Å². The van der Waals surface area contributed by atoms with Crippen molar-refractivity contribution in [1.29, 1.82) is 0 Å². The van der Waals surface area contributed by atoms with E-state index >= 15 is 0 Å². The summed E-state index contributed by atoms with van der Waals surface area (Å²) in [4.78, 5) is 38.7. The van der Waals surface area contributed by atoms with Gasteiger partial charge in [0.2, 0.25) is 0 Å². The van der Waals surface area contributed by atoms with Gasteiger partial charge in [0.05, 0.1) is 11.1 Å². The van der Waals surface area contributed by atoms with Crippen molar-refractivity contribution in [2.24, 2.45) is 0 Å². The molecule has 2 aromatic carbocycles. The molecule has 0 radical (unpaired) electrons. The molecule has 3 rings (SSSR count). The molecule has 6 nitrogen and oxygen atoms in total. The maximum atomic E-state index is 12.7. The molecule has 27 heavy (non-hydrogen) atoms. The molecular formula is C21H23N3O3. The highest BCUT2D eigenvalue weighted by atomic mass is 16.2. The average Bonchev–Trinajstić information content (AvgIpc) is 2.94. The molecule has 6 heteroatoms. The summed E-state index contributed by atoms with van der Waals surface area (Å²) in [5.74, 6) is -0.892. The van der Waals surface area contributed by atoms with Crippen LogP contribution in [-0.2, 0) is 6.42 Å². The predicted octanol–water partition coefficient (Wildman–Crippen LogP) is 1.86. The minimum absolute atomic E-state index is 0.251. The smallest absolute Gasteiger partial charge is 0.261 e. The van der Waals surface area contributed by atoms with Gasteiger partial charge < -0.3 is 10.6 Å². The Hall–Kier alpha value is -2.99. The molecule has 0 bridgehead atoms. The van der Waals surface area contributed by atoms with Crippen LogP contribution in [0.4, 0.5) is 0 Å². The van der Waals surface area contributed by atoms with E-state index in [0.717, 1.165) is 12.1 Å². The van der Waals surface area contributed by atoms with Crippen molar-refractivity contribution in [3.05, 3.63) is 70.8 Å². The van der Waals surface area contributed by atoms with E-state index < -0.39 is 0 Å². The van der Waals surface area contributed by atoms with E-state index in [4.69, 9.17) is 0 Å². The molecule has 2 aromatic rings. The molecule has 0 aromatic heterocycles. The first kappa shape index (κ1) is 18.8. The van der Waals surface area contributed by atoms with E-state index in [-0.39, 0.29) is 17.7 Å². The average molecular weight is 365 g/mol. The van der Waals surface area contributed by atoms with Crippen molar-refractivity contribution >= 4 is 17.7 Å². The number of nitrogens with zero attached hydrogens (tertiary/aromatic N) is 1. The Kier molecular flexibility index (Phi) is 5.98. The zero-order valence-electron chi connectivity index (χ0n) is 15.3. The van der Waals surface area contributed by atoms with Crippen LogP contribution in [0.25, 0.3) is 0 Å². The van der Waals surface area contributed by atoms with Crippen LogP contribution >= 0.6 is 0 Å². The number of carbonyl (C=O) groups excluding carboxylic acids is 3. The van der Waals surface area contributed by atoms with Crippen LogP contribution in [0.5, 0.6) is 0 Å². The lowest BCUT2D eigenvalue weighted by molar-refractivity contribution is 0.0656. The van der Waals surface area contributed by atoms with Gasteiger partial charge in [-0.3, -0.25) is 19.3 Å². The molecule has 0 spiro atoms. The van der Waals surface area contributed by atoms with Crippen LogP contribution in [0.2, 0.25) is 0 Å². The van der Waals surface area contributed by atoms with E-state index in [0.29, 0.717) is 42.7 Å². The molecule has 0 fully saturated rings. The Bertz CT molecular complexity index is 849. The van der Waals surface area contributed by atoms with Gasteiger partial charge in [-0.15, -0.1) is 0 Å². The Morgan fingerprint density at radius 3 is 2.44 bits per heavy atom. The number of carbonyl (C=O) groups is 3. The van der Waals surface area contributed by atoms with Crippen molar-refractivity contribution in [2.75, 3.05) is 26.2 Å². The molecule has 1 heterocycles. The molecule has 140 valence electrons. The molecule has 0 saturated carbocycles. The Labute approximate surface area is 158 Å². The van der Waals surface area contributed by atoms with Crippen molar-refractivity contribution in [1.82, 2.24) is 15.5 Å². The van der Waals surface area contributed by atoms with Crippen molar-refractivity contribution < 1.29 is 14.4 Å². The molecule has 1 aliphatic rings. The summed E-state index contributed by atoms with van der Waals surface area (Å²) in [6, 6.07) is 14.4. The molecule has 1 aliphatic heterocycles. The number of hydrogen-bond donors (Lipinski definition) is 2. The number of amides is 3. The van der Waals surface area contributed by atoms with E-state index in [1.807, 2.05) is 37.3 Å². The van der Waals surface area contributed by atoms with Gasteiger partial charge in [0.25, 0.3) is 17.7 Å². The van der Waals surface area contributed by atoms with Crippen molar-refractivity contribution in [2.45, 2.75) is 13.3 Å². The number of nitrogens with one attached hydrogen (secondary N) is 2. The normalized spacial score (nSPS) is 13.0. The van der Waals surface area contributed by atoms with Gasteiger partial charge in [0.1, 0.15) is 0 Å². The fraction of sp³-hybridized carbons (Fsp3) is 0.286. The largest absolute Gasteiger partial charge is 0.351 e. The second kappa shape index (κ2) is 8.60. The first-order chi connectivity index (χ1) is 13.1. The zero-order valence-corrected chi connectivity index (χ0v) is 15.3. The minimum atomic E-state index is -0.340. The number of benzene rings is 2. The van der Waals surface area contributed by atoms with Gasteiger partial charge in [-0.1, -0.05) is 37.3 Å².